The van der Waals surface area contributed by atoms with Crippen LogP contribution in [-0.4, -0.2) is 52.2 Å². The predicted molar refractivity (Wildman–Crippen MR) is 75.0 cm³/mol. The van der Waals surface area contributed by atoms with Crippen molar-refractivity contribution in [1.82, 2.24) is 19.6 Å². The van der Waals surface area contributed by atoms with Crippen LogP contribution in [0.25, 0.3) is 0 Å². The summed E-state index contributed by atoms with van der Waals surface area (Å²) in [5.74, 6) is 0.104. The molecule has 0 bridgehead atoms. The van der Waals surface area contributed by atoms with E-state index in [4.69, 9.17) is 0 Å². The Hall–Kier alpha value is -1.36. The van der Waals surface area contributed by atoms with Crippen LogP contribution in [0.5, 0.6) is 0 Å². The highest BCUT2D eigenvalue weighted by Crippen LogP contribution is 2.16. The van der Waals surface area contributed by atoms with Crippen LogP contribution in [0, 0.1) is 0 Å². The zero-order chi connectivity index (χ0) is 13.8. The highest BCUT2D eigenvalue weighted by Gasteiger charge is 2.24. The van der Waals surface area contributed by atoms with Gasteiger partial charge in [-0.2, -0.15) is 5.10 Å². The zero-order valence-corrected chi connectivity index (χ0v) is 12.2. The topological polar surface area (TPSA) is 41.4 Å². The third-order valence-electron chi connectivity index (χ3n) is 3.60. The fourth-order valence-corrected chi connectivity index (χ4v) is 2.58. The second-order valence-corrected chi connectivity index (χ2v) is 4.98. The lowest BCUT2D eigenvalue weighted by atomic mass is 10.3. The first-order chi connectivity index (χ1) is 9.24. The van der Waals surface area contributed by atoms with Gasteiger partial charge < -0.3 is 4.90 Å². The van der Waals surface area contributed by atoms with E-state index >= 15 is 0 Å². The fraction of sp³-hybridized carbons (Fsp3) is 0.714. The molecular formula is C14H24N4O. The van der Waals surface area contributed by atoms with E-state index in [0.717, 1.165) is 51.3 Å². The Morgan fingerprint density at radius 1 is 1.16 bits per heavy atom. The summed E-state index contributed by atoms with van der Waals surface area (Å²) in [7, 11) is 2.10. The number of rotatable bonds is 1. The molecule has 3 rings (SSSR count). The van der Waals surface area contributed by atoms with Crippen molar-refractivity contribution < 1.29 is 4.79 Å². The Morgan fingerprint density at radius 2 is 1.84 bits per heavy atom. The van der Waals surface area contributed by atoms with Gasteiger partial charge in [-0.15, -0.1) is 0 Å². The van der Waals surface area contributed by atoms with Gasteiger partial charge in [-0.05, 0) is 26.0 Å². The molecule has 5 heteroatoms. The Kier molecular flexibility index (Phi) is 4.58. The van der Waals surface area contributed by atoms with E-state index in [-0.39, 0.29) is 5.91 Å². The number of hydrogen-bond acceptors (Lipinski definition) is 3. The van der Waals surface area contributed by atoms with Crippen molar-refractivity contribution in [3.8, 4) is 0 Å². The average Bonchev–Trinajstić information content (AvgIpc) is 3.08. The molecule has 1 fully saturated rings. The molecule has 2 aliphatic rings. The van der Waals surface area contributed by atoms with Crippen molar-refractivity contribution in [2.75, 3.05) is 26.7 Å². The minimum Gasteiger partial charge on any atom is -0.337 e. The van der Waals surface area contributed by atoms with Crippen LogP contribution in [0.15, 0.2) is 6.07 Å². The number of likely N-dealkylation sites (tertiary alicyclic amines) is 1. The number of nitrogens with zero attached hydrogens (tertiary/aromatic N) is 4. The minimum absolute atomic E-state index is 0.104. The van der Waals surface area contributed by atoms with E-state index < -0.39 is 0 Å². The van der Waals surface area contributed by atoms with E-state index in [1.165, 1.54) is 0 Å². The molecule has 3 heterocycles. The van der Waals surface area contributed by atoms with Crippen LogP contribution in [-0.2, 0) is 13.1 Å². The second kappa shape index (κ2) is 6.19. The third kappa shape index (κ3) is 2.97. The van der Waals surface area contributed by atoms with Gasteiger partial charge in [0.05, 0.1) is 12.2 Å². The van der Waals surface area contributed by atoms with Crippen molar-refractivity contribution in [3.05, 3.63) is 17.5 Å². The van der Waals surface area contributed by atoms with Gasteiger partial charge >= 0.3 is 0 Å². The minimum atomic E-state index is 0.104. The molecule has 1 saturated heterocycles. The van der Waals surface area contributed by atoms with Crippen LogP contribution >= 0.6 is 0 Å². The first kappa shape index (κ1) is 14.1. The summed E-state index contributed by atoms with van der Waals surface area (Å²) in [5.41, 5.74) is 1.78. The highest BCUT2D eigenvalue weighted by atomic mass is 16.2. The number of carbonyl (C=O) groups excluding carboxylic acids is 1. The number of carbonyl (C=O) groups is 1. The van der Waals surface area contributed by atoms with E-state index in [1.54, 1.807) is 0 Å². The molecule has 2 aliphatic heterocycles. The van der Waals surface area contributed by atoms with Gasteiger partial charge in [0.2, 0.25) is 0 Å². The van der Waals surface area contributed by atoms with E-state index in [0.29, 0.717) is 5.69 Å². The number of fused-ring (bicyclic) bond motifs is 1. The SMILES string of the molecule is CC.CN1CCn2nc(C(=O)N3CCCC3)cc2C1. The quantitative estimate of drug-likeness (QED) is 0.773. The smallest absolute Gasteiger partial charge is 0.274 e. The molecule has 0 unspecified atom stereocenters. The van der Waals surface area contributed by atoms with Gasteiger partial charge in [0.15, 0.2) is 5.69 Å². The Morgan fingerprint density at radius 3 is 2.53 bits per heavy atom. The summed E-state index contributed by atoms with van der Waals surface area (Å²) >= 11 is 0. The van der Waals surface area contributed by atoms with Crippen LogP contribution < -0.4 is 0 Å². The normalized spacial score (nSPS) is 18.8. The second-order valence-electron chi connectivity index (χ2n) is 4.98. The Labute approximate surface area is 115 Å². The number of likely N-dealkylation sites (N-methyl/N-ethyl adjacent to an activating group) is 1. The van der Waals surface area contributed by atoms with E-state index in [1.807, 2.05) is 29.5 Å². The molecule has 1 aromatic rings. The van der Waals surface area contributed by atoms with Crippen LogP contribution in [0.3, 0.4) is 0 Å². The zero-order valence-electron chi connectivity index (χ0n) is 12.2. The number of amides is 1. The van der Waals surface area contributed by atoms with Crippen LogP contribution in [0.2, 0.25) is 0 Å². The van der Waals surface area contributed by atoms with Gasteiger partial charge in [-0.25, -0.2) is 0 Å². The molecule has 1 amide bonds. The molecule has 0 spiro atoms. The maximum Gasteiger partial charge on any atom is 0.274 e. The highest BCUT2D eigenvalue weighted by molar-refractivity contribution is 5.92. The van der Waals surface area contributed by atoms with Gasteiger partial charge in [0.1, 0.15) is 0 Å². The molecule has 5 nitrogen and oxygen atoms in total. The Balaban J connectivity index is 0.000000637. The fourth-order valence-electron chi connectivity index (χ4n) is 2.58. The van der Waals surface area contributed by atoms with Crippen molar-refractivity contribution in [1.29, 1.82) is 0 Å². The monoisotopic (exact) mass is 264 g/mol. The molecule has 0 N–H and O–H groups in total. The molecule has 106 valence electrons. The average molecular weight is 264 g/mol. The van der Waals surface area contributed by atoms with Gasteiger partial charge in [0, 0.05) is 26.2 Å². The van der Waals surface area contributed by atoms with Gasteiger partial charge in [-0.1, -0.05) is 13.8 Å². The number of hydrogen-bond donors (Lipinski definition) is 0. The van der Waals surface area contributed by atoms with Crippen molar-refractivity contribution in [2.45, 2.75) is 39.8 Å². The van der Waals surface area contributed by atoms with Gasteiger partial charge in [-0.3, -0.25) is 14.4 Å². The molecular weight excluding hydrogens is 240 g/mol. The largest absolute Gasteiger partial charge is 0.337 e. The molecule has 1 aromatic heterocycles. The molecule has 0 atom stereocenters. The molecule has 0 saturated carbocycles. The van der Waals surface area contributed by atoms with Crippen molar-refractivity contribution in [3.63, 3.8) is 0 Å². The maximum absolute atomic E-state index is 12.2. The summed E-state index contributed by atoms with van der Waals surface area (Å²) in [6, 6.07) is 1.95. The summed E-state index contributed by atoms with van der Waals surface area (Å²) in [4.78, 5) is 16.3. The number of aromatic nitrogens is 2. The lowest BCUT2D eigenvalue weighted by Crippen LogP contribution is -2.30. The standard InChI is InChI=1S/C12H18N4O.C2H6/c1-14-6-7-16-10(9-14)8-11(13-16)12(17)15-4-2-3-5-15;1-2/h8H,2-7,9H2,1H3;1-2H3. The van der Waals surface area contributed by atoms with E-state index in [9.17, 15) is 4.79 Å². The van der Waals surface area contributed by atoms with Crippen LogP contribution in [0.1, 0.15) is 42.9 Å². The first-order valence-corrected chi connectivity index (χ1v) is 7.28. The van der Waals surface area contributed by atoms with E-state index in [2.05, 4.69) is 17.0 Å². The first-order valence-electron chi connectivity index (χ1n) is 7.28. The molecule has 0 aromatic carbocycles. The van der Waals surface area contributed by atoms with Crippen molar-refractivity contribution >= 4 is 5.91 Å². The third-order valence-corrected chi connectivity index (χ3v) is 3.60. The summed E-state index contributed by atoms with van der Waals surface area (Å²) in [6.45, 7) is 8.56. The summed E-state index contributed by atoms with van der Waals surface area (Å²) in [5, 5.41) is 4.43. The van der Waals surface area contributed by atoms with Crippen molar-refractivity contribution in [2.24, 2.45) is 0 Å². The maximum atomic E-state index is 12.2. The van der Waals surface area contributed by atoms with Gasteiger partial charge in [0.25, 0.3) is 5.91 Å². The lowest BCUT2D eigenvalue weighted by molar-refractivity contribution is 0.0786. The molecule has 19 heavy (non-hydrogen) atoms. The predicted octanol–water partition coefficient (Wildman–Crippen LogP) is 1.59. The molecule has 0 aliphatic carbocycles. The summed E-state index contributed by atoms with van der Waals surface area (Å²) in [6.07, 6.45) is 2.25. The molecule has 0 radical (unpaired) electrons. The lowest BCUT2D eigenvalue weighted by Gasteiger charge is -2.22. The summed E-state index contributed by atoms with van der Waals surface area (Å²) < 4.78 is 1.98. The Bertz CT molecular complexity index is 435. The van der Waals surface area contributed by atoms with Crippen LogP contribution in [0.4, 0.5) is 0 Å².